The van der Waals surface area contributed by atoms with Crippen LogP contribution in [-0.2, 0) is 9.53 Å². The van der Waals surface area contributed by atoms with Crippen LogP contribution >= 0.6 is 11.6 Å². The van der Waals surface area contributed by atoms with Crippen molar-refractivity contribution in [3.63, 3.8) is 0 Å². The SMILES string of the molecule is COC(=O)c1ncc(-c2ccc(F)c(OC)c2F)c(NC(C)=O)c1Cl. The van der Waals surface area contributed by atoms with Crippen LogP contribution in [0.5, 0.6) is 5.75 Å². The molecule has 0 atom stereocenters. The number of anilines is 1. The third kappa shape index (κ3) is 3.53. The van der Waals surface area contributed by atoms with Crippen molar-refractivity contribution in [3.8, 4) is 16.9 Å². The van der Waals surface area contributed by atoms with Gasteiger partial charge in [-0.15, -0.1) is 0 Å². The van der Waals surface area contributed by atoms with Crippen molar-refractivity contribution in [2.24, 2.45) is 0 Å². The van der Waals surface area contributed by atoms with E-state index < -0.39 is 29.3 Å². The highest BCUT2D eigenvalue weighted by Gasteiger charge is 2.24. The van der Waals surface area contributed by atoms with Crippen LogP contribution in [0.1, 0.15) is 17.4 Å². The van der Waals surface area contributed by atoms with Gasteiger partial charge in [-0.2, -0.15) is 0 Å². The number of amides is 1. The van der Waals surface area contributed by atoms with E-state index in [1.807, 2.05) is 0 Å². The molecule has 0 aliphatic rings. The third-order valence-electron chi connectivity index (χ3n) is 3.24. The third-order valence-corrected chi connectivity index (χ3v) is 3.61. The maximum atomic E-state index is 14.6. The summed E-state index contributed by atoms with van der Waals surface area (Å²) in [7, 11) is 2.25. The minimum atomic E-state index is -1.00. The topological polar surface area (TPSA) is 77.5 Å². The number of carbonyl (C=O) groups excluding carboxylic acids is 2. The number of ether oxygens (including phenoxy) is 2. The van der Waals surface area contributed by atoms with E-state index in [-0.39, 0.29) is 27.5 Å². The Labute approximate surface area is 146 Å². The molecule has 1 amide bonds. The Kier molecular flexibility index (Phi) is 5.53. The molecule has 2 aromatic rings. The lowest BCUT2D eigenvalue weighted by Crippen LogP contribution is -2.12. The lowest BCUT2D eigenvalue weighted by atomic mass is 10.0. The zero-order valence-electron chi connectivity index (χ0n) is 13.4. The highest BCUT2D eigenvalue weighted by atomic mass is 35.5. The number of nitrogens with one attached hydrogen (secondary N) is 1. The average molecular weight is 371 g/mol. The Morgan fingerprint density at radius 2 is 1.88 bits per heavy atom. The van der Waals surface area contributed by atoms with Gasteiger partial charge in [0.05, 0.1) is 24.9 Å². The van der Waals surface area contributed by atoms with Crippen molar-refractivity contribution in [2.45, 2.75) is 6.92 Å². The molecule has 132 valence electrons. The van der Waals surface area contributed by atoms with Gasteiger partial charge in [0.1, 0.15) is 0 Å². The molecule has 2 rings (SSSR count). The smallest absolute Gasteiger partial charge is 0.358 e. The second-order valence-electron chi connectivity index (χ2n) is 4.82. The van der Waals surface area contributed by atoms with Crippen molar-refractivity contribution in [1.82, 2.24) is 4.98 Å². The van der Waals surface area contributed by atoms with Gasteiger partial charge in [-0.05, 0) is 12.1 Å². The van der Waals surface area contributed by atoms with Crippen LogP contribution in [0.4, 0.5) is 14.5 Å². The Morgan fingerprint density at radius 3 is 2.44 bits per heavy atom. The molecule has 9 heteroatoms. The standard InChI is InChI=1S/C16H13ClF2N2O4/c1-7(22)21-13-9(6-20-14(11(13)17)16(23)25-3)8-4-5-10(18)15(24-2)12(8)19/h4-6H,1-3H3,(H,20,21,22). The minimum absolute atomic E-state index is 0.0450. The van der Waals surface area contributed by atoms with E-state index in [0.29, 0.717) is 0 Å². The van der Waals surface area contributed by atoms with Gasteiger partial charge in [-0.25, -0.2) is 18.6 Å². The summed E-state index contributed by atoms with van der Waals surface area (Å²) < 4.78 is 37.4. The van der Waals surface area contributed by atoms with Crippen LogP contribution < -0.4 is 10.1 Å². The van der Waals surface area contributed by atoms with E-state index in [4.69, 9.17) is 16.3 Å². The number of esters is 1. The Hall–Kier alpha value is -2.74. The molecule has 0 spiro atoms. The van der Waals surface area contributed by atoms with E-state index in [1.54, 1.807) is 0 Å². The second-order valence-corrected chi connectivity index (χ2v) is 5.20. The molecule has 0 radical (unpaired) electrons. The van der Waals surface area contributed by atoms with Crippen LogP contribution in [-0.4, -0.2) is 31.1 Å². The molecule has 0 fully saturated rings. The zero-order chi connectivity index (χ0) is 18.7. The molecule has 1 aromatic carbocycles. The highest BCUT2D eigenvalue weighted by Crippen LogP contribution is 2.39. The van der Waals surface area contributed by atoms with Gasteiger partial charge >= 0.3 is 5.97 Å². The minimum Gasteiger partial charge on any atom is -0.491 e. The van der Waals surface area contributed by atoms with Crippen molar-refractivity contribution in [1.29, 1.82) is 0 Å². The van der Waals surface area contributed by atoms with E-state index in [1.165, 1.54) is 6.92 Å². The molecule has 0 saturated carbocycles. The second kappa shape index (κ2) is 7.43. The fraction of sp³-hybridized carbons (Fsp3) is 0.188. The summed E-state index contributed by atoms with van der Waals surface area (Å²) in [5, 5.41) is 2.18. The maximum absolute atomic E-state index is 14.6. The molecule has 0 bridgehead atoms. The molecule has 1 heterocycles. The number of halogens is 3. The molecule has 6 nitrogen and oxygen atoms in total. The van der Waals surface area contributed by atoms with Gasteiger partial charge in [0.2, 0.25) is 5.91 Å². The summed E-state index contributed by atoms with van der Waals surface area (Å²) in [6.07, 6.45) is 1.12. The quantitative estimate of drug-likeness (QED) is 0.834. The van der Waals surface area contributed by atoms with E-state index in [2.05, 4.69) is 15.0 Å². The van der Waals surface area contributed by atoms with Gasteiger partial charge in [0, 0.05) is 24.2 Å². The number of pyridine rings is 1. The van der Waals surface area contributed by atoms with Crippen molar-refractivity contribution < 1.29 is 27.8 Å². The van der Waals surface area contributed by atoms with Crippen molar-refractivity contribution >= 4 is 29.2 Å². The van der Waals surface area contributed by atoms with E-state index in [0.717, 1.165) is 32.5 Å². The number of aromatic nitrogens is 1. The first-order valence-electron chi connectivity index (χ1n) is 6.88. The van der Waals surface area contributed by atoms with Crippen LogP contribution in [0.15, 0.2) is 18.3 Å². The fourth-order valence-corrected chi connectivity index (χ4v) is 2.43. The summed E-state index contributed by atoms with van der Waals surface area (Å²) in [6.45, 7) is 1.21. The highest BCUT2D eigenvalue weighted by molar-refractivity contribution is 6.37. The predicted octanol–water partition coefficient (Wildman–Crippen LogP) is 3.43. The van der Waals surface area contributed by atoms with Gasteiger partial charge in [-0.3, -0.25) is 4.79 Å². The number of methoxy groups -OCH3 is 2. The molecular formula is C16H13ClF2N2O4. The van der Waals surface area contributed by atoms with Crippen LogP contribution in [0.2, 0.25) is 5.02 Å². The largest absolute Gasteiger partial charge is 0.491 e. The van der Waals surface area contributed by atoms with E-state index >= 15 is 0 Å². The zero-order valence-corrected chi connectivity index (χ0v) is 14.2. The Balaban J connectivity index is 2.76. The number of carbonyl (C=O) groups is 2. The van der Waals surface area contributed by atoms with Crippen molar-refractivity contribution in [3.05, 3.63) is 40.7 Å². The molecule has 1 aromatic heterocycles. The van der Waals surface area contributed by atoms with Crippen LogP contribution in [0.3, 0.4) is 0 Å². The van der Waals surface area contributed by atoms with Gasteiger partial charge in [0.15, 0.2) is 23.1 Å². The summed E-state index contributed by atoms with van der Waals surface area (Å²) in [5.74, 6) is -3.84. The normalized spacial score (nSPS) is 10.3. The molecule has 0 aliphatic heterocycles. The summed E-state index contributed by atoms with van der Waals surface area (Å²) >= 11 is 6.13. The summed E-state index contributed by atoms with van der Waals surface area (Å²) in [6, 6.07) is 2.14. The molecule has 0 unspecified atom stereocenters. The predicted molar refractivity (Wildman–Crippen MR) is 86.8 cm³/mol. The molecule has 0 saturated heterocycles. The number of rotatable bonds is 4. The van der Waals surface area contributed by atoms with Crippen molar-refractivity contribution in [2.75, 3.05) is 19.5 Å². The summed E-state index contributed by atoms with van der Waals surface area (Å²) in [4.78, 5) is 27.0. The number of hydrogen-bond donors (Lipinski definition) is 1. The first kappa shape index (κ1) is 18.6. The maximum Gasteiger partial charge on any atom is 0.358 e. The van der Waals surface area contributed by atoms with Crippen LogP contribution in [0.25, 0.3) is 11.1 Å². The first-order valence-corrected chi connectivity index (χ1v) is 7.26. The average Bonchev–Trinajstić information content (AvgIpc) is 2.56. The lowest BCUT2D eigenvalue weighted by Gasteiger charge is -2.15. The molecular weight excluding hydrogens is 358 g/mol. The van der Waals surface area contributed by atoms with Crippen LogP contribution in [0, 0.1) is 11.6 Å². The molecule has 25 heavy (non-hydrogen) atoms. The number of nitrogens with zero attached hydrogens (tertiary/aromatic N) is 1. The van der Waals surface area contributed by atoms with Gasteiger partial charge in [0.25, 0.3) is 0 Å². The molecule has 0 aliphatic carbocycles. The number of benzene rings is 1. The van der Waals surface area contributed by atoms with Gasteiger partial charge < -0.3 is 14.8 Å². The monoisotopic (exact) mass is 370 g/mol. The number of hydrogen-bond acceptors (Lipinski definition) is 5. The summed E-state index contributed by atoms with van der Waals surface area (Å²) in [5.41, 5.74) is -0.389. The lowest BCUT2D eigenvalue weighted by molar-refractivity contribution is -0.114. The van der Waals surface area contributed by atoms with E-state index in [9.17, 15) is 18.4 Å². The molecule has 1 N–H and O–H groups in total. The Morgan fingerprint density at radius 1 is 1.20 bits per heavy atom. The van der Waals surface area contributed by atoms with Gasteiger partial charge in [-0.1, -0.05) is 11.6 Å². The Bertz CT molecular complexity index is 859. The first-order chi connectivity index (χ1) is 11.8. The fourth-order valence-electron chi connectivity index (χ4n) is 2.16.